The van der Waals surface area contributed by atoms with Gasteiger partial charge in [-0.1, -0.05) is 37.6 Å². The van der Waals surface area contributed by atoms with Crippen molar-refractivity contribution in [1.82, 2.24) is 0 Å². The van der Waals surface area contributed by atoms with E-state index in [1.807, 2.05) is 19.1 Å². The highest BCUT2D eigenvalue weighted by atomic mass is 35.5. The van der Waals surface area contributed by atoms with Gasteiger partial charge in [0.2, 0.25) is 0 Å². The third-order valence-corrected chi connectivity index (χ3v) is 3.53. The summed E-state index contributed by atoms with van der Waals surface area (Å²) in [4.78, 5) is 12.0. The molecule has 0 radical (unpaired) electrons. The van der Waals surface area contributed by atoms with Crippen LogP contribution < -0.4 is 10.1 Å². The average Bonchev–Trinajstić information content (AvgIpc) is 2.47. The predicted octanol–water partition coefficient (Wildman–Crippen LogP) is 4.79. The van der Waals surface area contributed by atoms with Crippen molar-refractivity contribution < 1.29 is 9.53 Å². The molecule has 2 aromatic carbocycles. The van der Waals surface area contributed by atoms with Crippen LogP contribution in [0.1, 0.15) is 30.9 Å². The summed E-state index contributed by atoms with van der Waals surface area (Å²) in [6.45, 7) is 6.19. The summed E-state index contributed by atoms with van der Waals surface area (Å²) in [7, 11) is 0. The van der Waals surface area contributed by atoms with Gasteiger partial charge in [-0.25, -0.2) is 0 Å². The van der Waals surface area contributed by atoms with Gasteiger partial charge in [0.05, 0.1) is 0 Å². The van der Waals surface area contributed by atoms with E-state index < -0.39 is 0 Å². The van der Waals surface area contributed by atoms with Crippen molar-refractivity contribution >= 4 is 23.2 Å². The van der Waals surface area contributed by atoms with Crippen molar-refractivity contribution in [3.63, 3.8) is 0 Å². The minimum atomic E-state index is -0.196. The Balaban J connectivity index is 1.99. The Hall–Kier alpha value is -2.00. The normalized spacial score (nSPS) is 10.6. The van der Waals surface area contributed by atoms with Crippen molar-refractivity contribution in [3.05, 3.63) is 58.6 Å². The number of hydrogen-bond acceptors (Lipinski definition) is 2. The Bertz CT molecular complexity index is 651. The quantitative estimate of drug-likeness (QED) is 0.861. The number of halogens is 1. The fraction of sp³-hybridized carbons (Fsp3) is 0.278. The summed E-state index contributed by atoms with van der Waals surface area (Å²) >= 11 is 5.81. The fourth-order valence-electron chi connectivity index (χ4n) is 2.12. The second-order valence-electron chi connectivity index (χ2n) is 5.54. The van der Waals surface area contributed by atoms with E-state index in [0.717, 1.165) is 16.9 Å². The molecule has 4 heteroatoms. The second kappa shape index (κ2) is 7.32. The molecule has 0 atom stereocenters. The smallest absolute Gasteiger partial charge is 0.262 e. The Morgan fingerprint density at radius 3 is 2.50 bits per heavy atom. The van der Waals surface area contributed by atoms with Gasteiger partial charge in [-0.05, 0) is 54.3 Å². The maximum Gasteiger partial charge on any atom is 0.262 e. The highest BCUT2D eigenvalue weighted by Gasteiger charge is 2.10. The number of amides is 1. The topological polar surface area (TPSA) is 38.3 Å². The molecular weight excluding hydrogens is 298 g/mol. The Labute approximate surface area is 136 Å². The lowest BCUT2D eigenvalue weighted by atomic mass is 10.0. The third kappa shape index (κ3) is 4.50. The van der Waals surface area contributed by atoms with Crippen LogP contribution in [0, 0.1) is 6.92 Å². The van der Waals surface area contributed by atoms with Crippen LogP contribution in [0.3, 0.4) is 0 Å². The third-order valence-electron chi connectivity index (χ3n) is 3.28. The molecule has 0 unspecified atom stereocenters. The van der Waals surface area contributed by atoms with Gasteiger partial charge in [0.25, 0.3) is 5.91 Å². The number of benzene rings is 2. The summed E-state index contributed by atoms with van der Waals surface area (Å²) in [5.74, 6) is 0.912. The van der Waals surface area contributed by atoms with Crippen molar-refractivity contribution in [1.29, 1.82) is 0 Å². The second-order valence-corrected chi connectivity index (χ2v) is 5.98. The van der Waals surface area contributed by atoms with Gasteiger partial charge in [-0.3, -0.25) is 4.79 Å². The monoisotopic (exact) mass is 317 g/mol. The number of ether oxygens (including phenoxy) is 1. The number of nitrogens with one attached hydrogen (secondary N) is 1. The van der Waals surface area contributed by atoms with E-state index in [4.69, 9.17) is 16.3 Å². The molecule has 0 aliphatic rings. The van der Waals surface area contributed by atoms with E-state index in [0.29, 0.717) is 16.6 Å². The molecular formula is C18H20ClNO2. The average molecular weight is 318 g/mol. The van der Waals surface area contributed by atoms with Crippen LogP contribution in [0.15, 0.2) is 42.5 Å². The molecule has 0 bridgehead atoms. The summed E-state index contributed by atoms with van der Waals surface area (Å²) < 4.78 is 5.70. The Morgan fingerprint density at radius 2 is 1.86 bits per heavy atom. The molecule has 3 nitrogen and oxygen atoms in total. The number of anilines is 1. The standard InChI is InChI=1S/C18H20ClNO2/c1-12(2)16-9-4-13(3)10-17(16)22-11-18(21)20-15-7-5-14(19)6-8-15/h4-10,12H,11H2,1-3H3,(H,20,21). The van der Waals surface area contributed by atoms with Crippen molar-refractivity contribution in [2.45, 2.75) is 26.7 Å². The van der Waals surface area contributed by atoms with E-state index in [9.17, 15) is 4.79 Å². The number of rotatable bonds is 5. The molecule has 0 saturated heterocycles. The number of carbonyl (C=O) groups is 1. The maximum atomic E-state index is 12.0. The van der Waals surface area contributed by atoms with Gasteiger partial charge in [-0.15, -0.1) is 0 Å². The minimum Gasteiger partial charge on any atom is -0.483 e. The zero-order chi connectivity index (χ0) is 16.1. The van der Waals surface area contributed by atoms with E-state index in [-0.39, 0.29) is 12.5 Å². The van der Waals surface area contributed by atoms with Gasteiger partial charge in [0.15, 0.2) is 6.61 Å². The summed E-state index contributed by atoms with van der Waals surface area (Å²) in [5.41, 5.74) is 2.91. The molecule has 0 spiro atoms. The highest BCUT2D eigenvalue weighted by molar-refractivity contribution is 6.30. The Morgan fingerprint density at radius 1 is 1.18 bits per heavy atom. The van der Waals surface area contributed by atoms with Crippen molar-refractivity contribution in [3.8, 4) is 5.75 Å². The van der Waals surface area contributed by atoms with Crippen LogP contribution in [0.4, 0.5) is 5.69 Å². The van der Waals surface area contributed by atoms with E-state index in [1.54, 1.807) is 24.3 Å². The fourth-order valence-corrected chi connectivity index (χ4v) is 2.24. The Kier molecular flexibility index (Phi) is 5.45. The zero-order valence-electron chi connectivity index (χ0n) is 13.0. The zero-order valence-corrected chi connectivity index (χ0v) is 13.8. The summed E-state index contributed by atoms with van der Waals surface area (Å²) in [5, 5.41) is 3.41. The molecule has 1 amide bonds. The van der Waals surface area contributed by atoms with Crippen molar-refractivity contribution in [2.24, 2.45) is 0 Å². The lowest BCUT2D eigenvalue weighted by molar-refractivity contribution is -0.118. The molecule has 0 saturated carbocycles. The number of aryl methyl sites for hydroxylation is 1. The van der Waals surface area contributed by atoms with Gasteiger partial charge >= 0.3 is 0 Å². The molecule has 0 aliphatic carbocycles. The molecule has 22 heavy (non-hydrogen) atoms. The molecule has 2 aromatic rings. The first-order valence-electron chi connectivity index (χ1n) is 7.24. The lowest BCUT2D eigenvalue weighted by Crippen LogP contribution is -2.20. The van der Waals surface area contributed by atoms with E-state index in [2.05, 4.69) is 25.2 Å². The van der Waals surface area contributed by atoms with Crippen LogP contribution >= 0.6 is 11.6 Å². The lowest BCUT2D eigenvalue weighted by Gasteiger charge is -2.14. The van der Waals surface area contributed by atoms with Crippen LogP contribution in [0.25, 0.3) is 0 Å². The van der Waals surface area contributed by atoms with Crippen LogP contribution in [0.5, 0.6) is 5.75 Å². The molecule has 2 rings (SSSR count). The largest absolute Gasteiger partial charge is 0.483 e. The van der Waals surface area contributed by atoms with E-state index >= 15 is 0 Å². The van der Waals surface area contributed by atoms with Gasteiger partial charge in [0.1, 0.15) is 5.75 Å². The SMILES string of the molecule is Cc1ccc(C(C)C)c(OCC(=O)Nc2ccc(Cl)cc2)c1. The predicted molar refractivity (Wildman–Crippen MR) is 90.8 cm³/mol. The highest BCUT2D eigenvalue weighted by Crippen LogP contribution is 2.27. The van der Waals surface area contributed by atoms with Crippen LogP contribution in [-0.4, -0.2) is 12.5 Å². The van der Waals surface area contributed by atoms with Crippen LogP contribution in [0.2, 0.25) is 5.02 Å². The molecule has 0 fully saturated rings. The molecule has 0 heterocycles. The van der Waals surface area contributed by atoms with Crippen LogP contribution in [-0.2, 0) is 4.79 Å². The molecule has 0 aromatic heterocycles. The van der Waals surface area contributed by atoms with Gasteiger partial charge in [-0.2, -0.15) is 0 Å². The number of carbonyl (C=O) groups excluding carboxylic acids is 1. The van der Waals surface area contributed by atoms with Gasteiger partial charge < -0.3 is 10.1 Å². The van der Waals surface area contributed by atoms with Crippen molar-refractivity contribution in [2.75, 3.05) is 11.9 Å². The molecule has 116 valence electrons. The summed E-state index contributed by atoms with van der Waals surface area (Å²) in [6, 6.07) is 13.0. The number of hydrogen-bond donors (Lipinski definition) is 1. The first kappa shape index (κ1) is 16.4. The first-order chi connectivity index (χ1) is 10.5. The first-order valence-corrected chi connectivity index (χ1v) is 7.62. The van der Waals surface area contributed by atoms with Gasteiger partial charge in [0, 0.05) is 10.7 Å². The molecule has 0 aliphatic heterocycles. The maximum absolute atomic E-state index is 12.0. The van der Waals surface area contributed by atoms with E-state index in [1.165, 1.54) is 0 Å². The molecule has 1 N–H and O–H groups in total. The minimum absolute atomic E-state index is 0.0220. The summed E-state index contributed by atoms with van der Waals surface area (Å²) in [6.07, 6.45) is 0.